The number of anilines is 2. The van der Waals surface area contributed by atoms with Gasteiger partial charge in [0.05, 0.1) is 16.9 Å². The van der Waals surface area contributed by atoms with E-state index in [9.17, 15) is 13.6 Å². The molecule has 0 fully saturated rings. The van der Waals surface area contributed by atoms with Crippen molar-refractivity contribution in [1.82, 2.24) is 9.78 Å². The zero-order chi connectivity index (χ0) is 16.6. The lowest BCUT2D eigenvalue weighted by molar-refractivity contribution is 0.102. The number of carbonyl (C=O) groups excluding carboxylic acids is 1. The van der Waals surface area contributed by atoms with Crippen LogP contribution in [0.3, 0.4) is 0 Å². The molecular weight excluding hydrogens is 349 g/mol. The van der Waals surface area contributed by atoms with Crippen LogP contribution in [0.25, 0.3) is 5.70 Å². The number of benzene rings is 1. The van der Waals surface area contributed by atoms with Crippen LogP contribution in [0, 0.1) is 0 Å². The first-order valence-electron chi connectivity index (χ1n) is 6.54. The molecule has 120 valence electrons. The topological polar surface area (TPSA) is 59.0 Å². The van der Waals surface area contributed by atoms with E-state index in [1.807, 2.05) is 0 Å². The van der Waals surface area contributed by atoms with E-state index in [0.717, 1.165) is 4.68 Å². The monoisotopic (exact) mass is 358 g/mol. The highest BCUT2D eigenvalue weighted by atomic mass is 35.5. The summed E-state index contributed by atoms with van der Waals surface area (Å²) in [6.07, 6.45) is -0.136. The van der Waals surface area contributed by atoms with E-state index < -0.39 is 12.3 Å². The summed E-state index contributed by atoms with van der Waals surface area (Å²) in [5, 5.41) is 10.0. The van der Waals surface area contributed by atoms with Crippen molar-refractivity contribution in [2.24, 2.45) is 0 Å². The fourth-order valence-electron chi connectivity index (χ4n) is 2.18. The average molecular weight is 359 g/mol. The first kappa shape index (κ1) is 15.8. The van der Waals surface area contributed by atoms with Gasteiger partial charge < -0.3 is 10.6 Å². The minimum Gasteiger partial charge on any atom is -0.366 e. The number of alkyl halides is 2. The molecule has 0 atom stereocenters. The molecule has 0 aliphatic carbocycles. The van der Waals surface area contributed by atoms with Gasteiger partial charge in [0, 0.05) is 11.6 Å². The molecule has 2 heterocycles. The van der Waals surface area contributed by atoms with E-state index >= 15 is 0 Å². The molecule has 0 spiro atoms. The number of rotatable bonds is 3. The Morgan fingerprint density at radius 2 is 2.17 bits per heavy atom. The SMILES string of the molecule is O=C(Nc1ccc(Cl)cc1Cl)c1cnn2c1NCC=C2C(F)F. The Balaban J connectivity index is 1.88. The van der Waals surface area contributed by atoms with Gasteiger partial charge in [0.1, 0.15) is 17.1 Å². The summed E-state index contributed by atoms with van der Waals surface area (Å²) < 4.78 is 26.9. The van der Waals surface area contributed by atoms with Crippen molar-refractivity contribution < 1.29 is 13.6 Å². The zero-order valence-corrected chi connectivity index (χ0v) is 13.0. The van der Waals surface area contributed by atoms with Gasteiger partial charge in [-0.05, 0) is 24.3 Å². The number of carbonyl (C=O) groups is 1. The Morgan fingerprint density at radius 1 is 1.39 bits per heavy atom. The number of hydrogen-bond donors (Lipinski definition) is 2. The van der Waals surface area contributed by atoms with Gasteiger partial charge in [0.25, 0.3) is 12.3 Å². The molecular formula is C14H10Cl2F2N4O. The maximum Gasteiger partial charge on any atom is 0.280 e. The van der Waals surface area contributed by atoms with Crippen LogP contribution in [-0.4, -0.2) is 28.7 Å². The normalized spacial score (nSPS) is 13.3. The lowest BCUT2D eigenvalue weighted by Gasteiger charge is -2.18. The zero-order valence-electron chi connectivity index (χ0n) is 11.5. The standard InChI is InChI=1S/C14H10Cl2F2N4O/c15-7-1-2-10(9(16)5-7)21-14(23)8-6-20-22-11(12(17)18)3-4-19-13(8)22/h1-3,5-6,12,19H,4H2,(H,21,23). The molecule has 0 unspecified atom stereocenters. The average Bonchev–Trinajstić information content (AvgIpc) is 2.93. The van der Waals surface area contributed by atoms with Crippen LogP contribution in [-0.2, 0) is 0 Å². The van der Waals surface area contributed by atoms with Crippen LogP contribution < -0.4 is 10.6 Å². The molecule has 0 saturated heterocycles. The van der Waals surface area contributed by atoms with E-state index in [0.29, 0.717) is 10.7 Å². The van der Waals surface area contributed by atoms with Crippen molar-refractivity contribution in [2.75, 3.05) is 17.2 Å². The van der Waals surface area contributed by atoms with Gasteiger partial charge >= 0.3 is 0 Å². The molecule has 9 heteroatoms. The Labute approximate surface area is 139 Å². The van der Waals surface area contributed by atoms with Crippen LogP contribution in [0.15, 0.2) is 30.5 Å². The first-order chi connectivity index (χ1) is 11.0. The first-order valence-corrected chi connectivity index (χ1v) is 7.30. The summed E-state index contributed by atoms with van der Waals surface area (Å²) in [5.74, 6) is -0.302. The number of aromatic nitrogens is 2. The molecule has 23 heavy (non-hydrogen) atoms. The number of nitrogens with one attached hydrogen (secondary N) is 2. The third-order valence-corrected chi connectivity index (χ3v) is 3.79. The quantitative estimate of drug-likeness (QED) is 0.872. The molecule has 5 nitrogen and oxygen atoms in total. The maximum atomic E-state index is 13.0. The minimum atomic E-state index is -2.68. The third-order valence-electron chi connectivity index (χ3n) is 3.24. The lowest BCUT2D eigenvalue weighted by Crippen LogP contribution is -2.21. The van der Waals surface area contributed by atoms with Gasteiger partial charge in [-0.2, -0.15) is 5.10 Å². The Morgan fingerprint density at radius 3 is 2.87 bits per heavy atom. The molecule has 3 rings (SSSR count). The van der Waals surface area contributed by atoms with Gasteiger partial charge in [-0.25, -0.2) is 13.5 Å². The minimum absolute atomic E-state index is 0.141. The molecule has 1 aromatic heterocycles. The fourth-order valence-corrected chi connectivity index (χ4v) is 2.64. The molecule has 2 aromatic rings. The molecule has 1 aliphatic heterocycles. The van der Waals surface area contributed by atoms with E-state index in [1.54, 1.807) is 12.1 Å². The predicted octanol–water partition coefficient (Wildman–Crippen LogP) is 3.97. The Kier molecular flexibility index (Phi) is 4.23. The van der Waals surface area contributed by atoms with Gasteiger partial charge in [-0.15, -0.1) is 0 Å². The summed E-state index contributed by atoms with van der Waals surface area (Å²) in [5.41, 5.74) is 0.242. The largest absolute Gasteiger partial charge is 0.366 e. The molecule has 0 bridgehead atoms. The molecule has 1 amide bonds. The van der Waals surface area contributed by atoms with Crippen molar-refractivity contribution in [3.05, 3.63) is 46.1 Å². The number of fused-ring (bicyclic) bond motifs is 1. The molecule has 2 N–H and O–H groups in total. The maximum absolute atomic E-state index is 13.0. The Bertz CT molecular complexity index is 804. The summed E-state index contributed by atoms with van der Waals surface area (Å²) >= 11 is 11.8. The smallest absolute Gasteiger partial charge is 0.280 e. The highest BCUT2D eigenvalue weighted by Crippen LogP contribution is 2.29. The summed E-state index contributed by atoms with van der Waals surface area (Å²) in [6.45, 7) is 0.188. The number of amides is 1. The number of nitrogens with zero attached hydrogens (tertiary/aromatic N) is 2. The van der Waals surface area contributed by atoms with Crippen LogP contribution in [0.1, 0.15) is 10.4 Å². The van der Waals surface area contributed by atoms with Gasteiger partial charge in [-0.3, -0.25) is 4.79 Å². The summed E-state index contributed by atoms with van der Waals surface area (Å²) in [7, 11) is 0. The molecule has 1 aliphatic rings. The van der Waals surface area contributed by atoms with Crippen molar-refractivity contribution >= 4 is 46.3 Å². The highest BCUT2D eigenvalue weighted by Gasteiger charge is 2.25. The predicted molar refractivity (Wildman–Crippen MR) is 85.4 cm³/mol. The van der Waals surface area contributed by atoms with E-state index in [-0.39, 0.29) is 28.6 Å². The third kappa shape index (κ3) is 3.02. The van der Waals surface area contributed by atoms with E-state index in [2.05, 4.69) is 15.7 Å². The fraction of sp³-hybridized carbons (Fsp3) is 0.143. The van der Waals surface area contributed by atoms with Crippen molar-refractivity contribution in [1.29, 1.82) is 0 Å². The van der Waals surface area contributed by atoms with Crippen molar-refractivity contribution in [2.45, 2.75) is 6.43 Å². The lowest BCUT2D eigenvalue weighted by atomic mass is 10.2. The highest BCUT2D eigenvalue weighted by molar-refractivity contribution is 6.36. The summed E-state index contributed by atoms with van der Waals surface area (Å²) in [6, 6.07) is 4.62. The number of halogens is 4. The van der Waals surface area contributed by atoms with Crippen LogP contribution in [0.2, 0.25) is 10.0 Å². The number of allylic oxidation sites excluding steroid dienone is 1. The second-order valence-corrected chi connectivity index (χ2v) is 5.55. The van der Waals surface area contributed by atoms with E-state index in [1.165, 1.54) is 18.3 Å². The molecule has 0 radical (unpaired) electrons. The Hall–Kier alpha value is -2.12. The van der Waals surface area contributed by atoms with Gasteiger partial charge in [-0.1, -0.05) is 23.2 Å². The van der Waals surface area contributed by atoms with Crippen LogP contribution >= 0.6 is 23.2 Å². The van der Waals surface area contributed by atoms with Crippen LogP contribution in [0.4, 0.5) is 20.3 Å². The molecule has 1 aromatic carbocycles. The van der Waals surface area contributed by atoms with Gasteiger partial charge in [0.15, 0.2) is 0 Å². The molecule has 0 saturated carbocycles. The van der Waals surface area contributed by atoms with E-state index in [4.69, 9.17) is 23.2 Å². The summed E-state index contributed by atoms with van der Waals surface area (Å²) in [4.78, 5) is 12.4. The van der Waals surface area contributed by atoms with Gasteiger partial charge in [0.2, 0.25) is 0 Å². The second-order valence-electron chi connectivity index (χ2n) is 4.71. The van der Waals surface area contributed by atoms with Crippen molar-refractivity contribution in [3.8, 4) is 0 Å². The van der Waals surface area contributed by atoms with Crippen molar-refractivity contribution in [3.63, 3.8) is 0 Å². The number of hydrogen-bond acceptors (Lipinski definition) is 3. The second kappa shape index (κ2) is 6.17. The van der Waals surface area contributed by atoms with Crippen LogP contribution in [0.5, 0.6) is 0 Å².